The maximum Gasteiger partial charge on any atom is 0.0535 e. The van der Waals surface area contributed by atoms with Gasteiger partial charge in [0.1, 0.15) is 0 Å². The minimum Gasteiger partial charge on any atom is -0.399 e. The second kappa shape index (κ2) is 4.69. The molecular formula is C15H21NOS. The summed E-state index contributed by atoms with van der Waals surface area (Å²) < 4.78 is 12.5. The van der Waals surface area contributed by atoms with Crippen molar-refractivity contribution in [2.45, 2.75) is 37.5 Å². The Labute approximate surface area is 111 Å². The Morgan fingerprint density at radius 2 is 2.17 bits per heavy atom. The molecule has 0 aliphatic heterocycles. The van der Waals surface area contributed by atoms with E-state index >= 15 is 0 Å². The van der Waals surface area contributed by atoms with Crippen molar-refractivity contribution in [1.82, 2.24) is 0 Å². The van der Waals surface area contributed by atoms with Gasteiger partial charge in [0.15, 0.2) is 0 Å². The maximum absolute atomic E-state index is 12.5. The van der Waals surface area contributed by atoms with E-state index < -0.39 is 10.8 Å². The van der Waals surface area contributed by atoms with Crippen LogP contribution in [0.1, 0.15) is 31.2 Å². The Morgan fingerprint density at radius 3 is 2.78 bits per heavy atom. The fourth-order valence-electron chi connectivity index (χ4n) is 3.79. The highest BCUT2D eigenvalue weighted by Crippen LogP contribution is 2.48. The van der Waals surface area contributed by atoms with Crippen LogP contribution in [-0.4, -0.2) is 9.96 Å². The number of nitrogen functional groups attached to an aromatic ring is 1. The first-order valence-electron chi connectivity index (χ1n) is 6.88. The topological polar surface area (TPSA) is 43.1 Å². The van der Waals surface area contributed by atoms with E-state index in [2.05, 4.69) is 0 Å². The van der Waals surface area contributed by atoms with Crippen LogP contribution in [0.25, 0.3) is 0 Å². The zero-order valence-corrected chi connectivity index (χ0v) is 11.7. The van der Waals surface area contributed by atoms with Crippen LogP contribution in [0.4, 0.5) is 5.69 Å². The summed E-state index contributed by atoms with van der Waals surface area (Å²) in [5, 5.41) is 0. The minimum absolute atomic E-state index is 0.696. The average molecular weight is 263 g/mol. The van der Waals surface area contributed by atoms with Crippen LogP contribution in [0.5, 0.6) is 0 Å². The summed E-state index contributed by atoms with van der Waals surface area (Å²) in [6.45, 7) is 2.00. The van der Waals surface area contributed by atoms with Gasteiger partial charge >= 0.3 is 0 Å². The standard InChI is InChI=1S/C15H21NOS/c1-10-6-14(16)4-5-15(10)18(17)9-13-8-11-2-3-12(13)7-11/h4-6,11-13H,2-3,7-9,16H2,1H3. The Morgan fingerprint density at radius 1 is 1.33 bits per heavy atom. The van der Waals surface area contributed by atoms with Crippen molar-refractivity contribution in [3.8, 4) is 0 Å². The van der Waals surface area contributed by atoms with Crippen molar-refractivity contribution in [3.05, 3.63) is 23.8 Å². The highest BCUT2D eigenvalue weighted by molar-refractivity contribution is 7.85. The molecular weight excluding hydrogens is 242 g/mol. The molecule has 0 radical (unpaired) electrons. The number of aryl methyl sites for hydroxylation is 1. The number of hydrogen-bond acceptors (Lipinski definition) is 2. The molecule has 4 atom stereocenters. The summed E-state index contributed by atoms with van der Waals surface area (Å²) in [7, 11) is -0.850. The molecule has 2 saturated carbocycles. The van der Waals surface area contributed by atoms with Crippen molar-refractivity contribution in [2.75, 3.05) is 11.5 Å². The second-order valence-electron chi connectivity index (χ2n) is 5.97. The molecule has 98 valence electrons. The number of benzene rings is 1. The van der Waals surface area contributed by atoms with Crippen LogP contribution in [0, 0.1) is 24.7 Å². The van der Waals surface area contributed by atoms with Gasteiger partial charge in [-0.05, 0) is 67.7 Å². The fourth-order valence-corrected chi connectivity index (χ4v) is 5.41. The third-order valence-electron chi connectivity index (χ3n) is 4.69. The van der Waals surface area contributed by atoms with Crippen molar-refractivity contribution in [2.24, 2.45) is 17.8 Å². The molecule has 2 aliphatic rings. The largest absolute Gasteiger partial charge is 0.399 e. The number of nitrogens with two attached hydrogens (primary N) is 1. The van der Waals surface area contributed by atoms with Gasteiger partial charge < -0.3 is 5.73 Å². The van der Waals surface area contributed by atoms with E-state index in [1.165, 1.54) is 25.7 Å². The molecule has 1 aromatic rings. The van der Waals surface area contributed by atoms with E-state index in [-0.39, 0.29) is 0 Å². The molecule has 2 aliphatic carbocycles. The molecule has 2 bridgehead atoms. The first-order chi connectivity index (χ1) is 8.63. The first-order valence-corrected chi connectivity index (χ1v) is 8.20. The van der Waals surface area contributed by atoms with Crippen molar-refractivity contribution < 1.29 is 4.21 Å². The van der Waals surface area contributed by atoms with Crippen LogP contribution >= 0.6 is 0 Å². The molecule has 3 heteroatoms. The number of anilines is 1. The van der Waals surface area contributed by atoms with E-state index in [0.717, 1.165) is 33.7 Å². The van der Waals surface area contributed by atoms with Crippen LogP contribution in [0.3, 0.4) is 0 Å². The van der Waals surface area contributed by atoms with Crippen molar-refractivity contribution in [3.63, 3.8) is 0 Å². The molecule has 4 unspecified atom stereocenters. The summed E-state index contributed by atoms with van der Waals surface area (Å²) >= 11 is 0. The Bertz CT molecular complexity index is 485. The molecule has 2 N–H and O–H groups in total. The molecule has 0 aromatic heterocycles. The van der Waals surface area contributed by atoms with E-state index in [0.29, 0.717) is 5.92 Å². The predicted molar refractivity (Wildman–Crippen MR) is 75.8 cm³/mol. The third kappa shape index (κ3) is 2.20. The summed E-state index contributed by atoms with van der Waals surface area (Å²) in [5.74, 6) is 3.34. The lowest BCUT2D eigenvalue weighted by atomic mass is 9.90. The normalized spacial score (nSPS) is 31.7. The second-order valence-corrected chi connectivity index (χ2v) is 7.44. The first kappa shape index (κ1) is 12.2. The molecule has 0 spiro atoms. The van der Waals surface area contributed by atoms with Gasteiger partial charge in [0.05, 0.1) is 10.8 Å². The van der Waals surface area contributed by atoms with Crippen molar-refractivity contribution in [1.29, 1.82) is 0 Å². The van der Waals surface area contributed by atoms with Gasteiger partial charge in [-0.15, -0.1) is 0 Å². The fraction of sp³-hybridized carbons (Fsp3) is 0.600. The van der Waals surface area contributed by atoms with Gasteiger partial charge in [0.25, 0.3) is 0 Å². The quantitative estimate of drug-likeness (QED) is 0.851. The number of hydrogen-bond donors (Lipinski definition) is 1. The Kier molecular flexibility index (Phi) is 3.18. The van der Waals surface area contributed by atoms with Gasteiger partial charge in [0, 0.05) is 16.3 Å². The van der Waals surface area contributed by atoms with Gasteiger partial charge in [-0.25, -0.2) is 0 Å². The zero-order valence-electron chi connectivity index (χ0n) is 10.9. The van der Waals surface area contributed by atoms with Crippen LogP contribution < -0.4 is 5.73 Å². The van der Waals surface area contributed by atoms with Crippen LogP contribution in [0.2, 0.25) is 0 Å². The zero-order chi connectivity index (χ0) is 12.7. The lowest BCUT2D eigenvalue weighted by Crippen LogP contribution is -2.18. The van der Waals surface area contributed by atoms with Crippen molar-refractivity contribution >= 4 is 16.5 Å². The SMILES string of the molecule is Cc1cc(N)ccc1S(=O)CC1CC2CCC1C2. The lowest BCUT2D eigenvalue weighted by molar-refractivity contribution is 0.363. The van der Waals surface area contributed by atoms with Gasteiger partial charge in [-0.1, -0.05) is 6.42 Å². The van der Waals surface area contributed by atoms with Crippen LogP contribution in [0.15, 0.2) is 23.1 Å². The highest BCUT2D eigenvalue weighted by atomic mass is 32.2. The average Bonchev–Trinajstić information content (AvgIpc) is 2.90. The number of rotatable bonds is 3. The molecule has 3 rings (SSSR count). The van der Waals surface area contributed by atoms with E-state index in [9.17, 15) is 4.21 Å². The highest BCUT2D eigenvalue weighted by Gasteiger charge is 2.40. The van der Waals surface area contributed by atoms with Gasteiger partial charge in [-0.2, -0.15) is 0 Å². The molecule has 2 nitrogen and oxygen atoms in total. The summed E-state index contributed by atoms with van der Waals surface area (Å²) in [5.41, 5.74) is 7.57. The smallest absolute Gasteiger partial charge is 0.0535 e. The predicted octanol–water partition coefficient (Wildman–Crippen LogP) is 3.12. The van der Waals surface area contributed by atoms with E-state index in [4.69, 9.17) is 5.73 Å². The molecule has 18 heavy (non-hydrogen) atoms. The molecule has 1 aromatic carbocycles. The molecule has 0 amide bonds. The summed E-state index contributed by atoms with van der Waals surface area (Å²) in [6, 6.07) is 5.73. The van der Waals surface area contributed by atoms with Gasteiger partial charge in [0.2, 0.25) is 0 Å². The van der Waals surface area contributed by atoms with Crippen LogP contribution in [-0.2, 0) is 10.8 Å². The molecule has 0 saturated heterocycles. The maximum atomic E-state index is 12.5. The Hall–Kier alpha value is -0.830. The Balaban J connectivity index is 1.71. The van der Waals surface area contributed by atoms with Gasteiger partial charge in [-0.3, -0.25) is 4.21 Å². The summed E-state index contributed by atoms with van der Waals surface area (Å²) in [4.78, 5) is 0.979. The minimum atomic E-state index is -0.850. The van der Waals surface area contributed by atoms with E-state index in [1.807, 2.05) is 25.1 Å². The summed E-state index contributed by atoms with van der Waals surface area (Å²) in [6.07, 6.45) is 5.48. The van der Waals surface area contributed by atoms with E-state index in [1.54, 1.807) is 0 Å². The molecule has 0 heterocycles. The lowest BCUT2D eigenvalue weighted by Gasteiger charge is -2.21. The third-order valence-corrected chi connectivity index (χ3v) is 6.37. The monoisotopic (exact) mass is 263 g/mol. The number of fused-ring (bicyclic) bond motifs is 2. The molecule has 2 fully saturated rings.